The molecule has 136 valence electrons. The topological polar surface area (TPSA) is 39.7 Å². The first-order valence-corrected chi connectivity index (χ1v) is 10.1. The van der Waals surface area contributed by atoms with E-state index in [1.54, 1.807) is 0 Å². The lowest BCUT2D eigenvalue weighted by atomic mass is 10.1. The molecule has 0 radical (unpaired) electrons. The number of nitrogens with zero attached hydrogens (tertiary/aromatic N) is 2. The minimum Gasteiger partial charge on any atom is -0.356 e. The lowest BCUT2D eigenvalue weighted by Gasteiger charge is -2.24. The predicted octanol–water partition coefficient (Wildman–Crippen LogP) is 2.97. The first-order valence-electron chi connectivity index (χ1n) is 10.1. The maximum atomic E-state index is 4.45. The van der Waals surface area contributed by atoms with Gasteiger partial charge in [-0.05, 0) is 43.1 Å². The van der Waals surface area contributed by atoms with Crippen LogP contribution in [-0.2, 0) is 0 Å². The molecule has 0 amide bonds. The molecule has 4 rings (SSSR count). The minimum absolute atomic E-state index is 0.552. The van der Waals surface area contributed by atoms with Crippen molar-refractivity contribution in [3.8, 4) is 0 Å². The van der Waals surface area contributed by atoms with Gasteiger partial charge in [0.15, 0.2) is 5.96 Å². The molecule has 1 aromatic carbocycles. The van der Waals surface area contributed by atoms with Gasteiger partial charge in [-0.25, -0.2) is 0 Å². The van der Waals surface area contributed by atoms with Gasteiger partial charge in [-0.15, -0.1) is 0 Å². The Kier molecular flexibility index (Phi) is 5.25. The third-order valence-corrected chi connectivity index (χ3v) is 6.31. The number of guanidine groups is 1. The number of benzene rings is 1. The zero-order valence-corrected chi connectivity index (χ0v) is 15.5. The number of rotatable bonds is 5. The Bertz CT molecular complexity index is 579. The van der Waals surface area contributed by atoms with Gasteiger partial charge in [0.05, 0.1) is 0 Å². The van der Waals surface area contributed by atoms with Gasteiger partial charge >= 0.3 is 0 Å². The largest absolute Gasteiger partial charge is 0.356 e. The highest BCUT2D eigenvalue weighted by molar-refractivity contribution is 5.80. The summed E-state index contributed by atoms with van der Waals surface area (Å²) in [4.78, 5) is 7.15. The summed E-state index contributed by atoms with van der Waals surface area (Å²) in [6.45, 7) is 3.46. The fourth-order valence-electron chi connectivity index (χ4n) is 4.70. The molecule has 25 heavy (non-hydrogen) atoms. The number of aliphatic imine (C=N–C) groups is 1. The number of hydrogen-bond donors (Lipinski definition) is 2. The van der Waals surface area contributed by atoms with Crippen LogP contribution in [0.25, 0.3) is 0 Å². The van der Waals surface area contributed by atoms with Crippen LogP contribution < -0.4 is 10.6 Å². The van der Waals surface area contributed by atoms with Crippen LogP contribution in [0.4, 0.5) is 0 Å². The van der Waals surface area contributed by atoms with E-state index >= 15 is 0 Å². The van der Waals surface area contributed by atoms with E-state index in [1.165, 1.54) is 57.2 Å². The van der Waals surface area contributed by atoms with Gasteiger partial charge in [-0.2, -0.15) is 0 Å². The molecule has 0 bridgehead atoms. The van der Waals surface area contributed by atoms with Crippen LogP contribution in [0, 0.1) is 5.92 Å². The van der Waals surface area contributed by atoms with Crippen molar-refractivity contribution < 1.29 is 0 Å². The summed E-state index contributed by atoms with van der Waals surface area (Å²) in [6.07, 6.45) is 8.20. The van der Waals surface area contributed by atoms with E-state index in [-0.39, 0.29) is 0 Å². The van der Waals surface area contributed by atoms with Crippen LogP contribution in [0.3, 0.4) is 0 Å². The van der Waals surface area contributed by atoms with Crippen LogP contribution in [0.2, 0.25) is 0 Å². The molecule has 2 saturated carbocycles. The Labute approximate surface area is 152 Å². The monoisotopic (exact) mass is 340 g/mol. The quantitative estimate of drug-likeness (QED) is 0.639. The Morgan fingerprint density at radius 3 is 2.72 bits per heavy atom. The standard InChI is InChI=1S/C21H32N4/c1-22-21(23-14-17-13-20(17)16-7-3-2-4-8-16)24-18-11-12-25(15-18)19-9-5-6-10-19/h2-4,7-8,17-20H,5-6,9-15H2,1H3,(H2,22,23,24). The molecular formula is C21H32N4. The third kappa shape index (κ3) is 4.17. The molecule has 1 saturated heterocycles. The van der Waals surface area contributed by atoms with Crippen LogP contribution in [-0.4, -0.2) is 49.6 Å². The van der Waals surface area contributed by atoms with Crippen molar-refractivity contribution in [1.82, 2.24) is 15.5 Å². The first kappa shape index (κ1) is 16.9. The molecule has 2 aliphatic carbocycles. The first-order chi connectivity index (χ1) is 12.3. The van der Waals surface area contributed by atoms with Crippen molar-refractivity contribution in [3.05, 3.63) is 35.9 Å². The highest BCUT2D eigenvalue weighted by Gasteiger charge is 2.38. The van der Waals surface area contributed by atoms with E-state index in [1.807, 2.05) is 7.05 Å². The number of hydrogen-bond acceptors (Lipinski definition) is 2. The molecule has 4 nitrogen and oxygen atoms in total. The molecule has 2 N–H and O–H groups in total. The Morgan fingerprint density at radius 2 is 1.96 bits per heavy atom. The Morgan fingerprint density at radius 1 is 1.16 bits per heavy atom. The van der Waals surface area contributed by atoms with Gasteiger partial charge in [0, 0.05) is 38.8 Å². The van der Waals surface area contributed by atoms with E-state index in [0.717, 1.165) is 30.4 Å². The van der Waals surface area contributed by atoms with Gasteiger partial charge in [-0.3, -0.25) is 9.89 Å². The van der Waals surface area contributed by atoms with Crippen LogP contribution in [0.15, 0.2) is 35.3 Å². The van der Waals surface area contributed by atoms with E-state index in [0.29, 0.717) is 6.04 Å². The SMILES string of the molecule is CN=C(NCC1CC1c1ccccc1)NC1CCN(C2CCCC2)C1. The Balaban J connectivity index is 1.20. The fraction of sp³-hybridized carbons (Fsp3) is 0.667. The fourth-order valence-corrected chi connectivity index (χ4v) is 4.70. The molecule has 3 atom stereocenters. The molecule has 0 aromatic heterocycles. The molecule has 1 heterocycles. The van der Waals surface area contributed by atoms with E-state index < -0.39 is 0 Å². The van der Waals surface area contributed by atoms with Gasteiger partial charge in [0.1, 0.15) is 0 Å². The van der Waals surface area contributed by atoms with Crippen LogP contribution >= 0.6 is 0 Å². The zero-order chi connectivity index (χ0) is 17.1. The van der Waals surface area contributed by atoms with Crippen LogP contribution in [0.1, 0.15) is 50.0 Å². The van der Waals surface area contributed by atoms with Crippen molar-refractivity contribution in [2.45, 2.75) is 56.5 Å². The molecule has 3 unspecified atom stereocenters. The van der Waals surface area contributed by atoms with Gasteiger partial charge < -0.3 is 10.6 Å². The van der Waals surface area contributed by atoms with E-state index in [2.05, 4.69) is 50.9 Å². The van der Waals surface area contributed by atoms with Gasteiger partial charge in [-0.1, -0.05) is 43.2 Å². The van der Waals surface area contributed by atoms with Gasteiger partial charge in [0.2, 0.25) is 0 Å². The maximum Gasteiger partial charge on any atom is 0.191 e. The molecule has 4 heteroatoms. The van der Waals surface area contributed by atoms with E-state index in [4.69, 9.17) is 0 Å². The summed E-state index contributed by atoms with van der Waals surface area (Å²) < 4.78 is 0. The second kappa shape index (κ2) is 7.77. The molecule has 1 aromatic rings. The van der Waals surface area contributed by atoms with Crippen molar-refractivity contribution in [1.29, 1.82) is 0 Å². The summed E-state index contributed by atoms with van der Waals surface area (Å²) in [7, 11) is 1.89. The number of likely N-dealkylation sites (tertiary alicyclic amines) is 1. The summed E-state index contributed by atoms with van der Waals surface area (Å²) >= 11 is 0. The number of nitrogens with one attached hydrogen (secondary N) is 2. The summed E-state index contributed by atoms with van der Waals surface area (Å²) in [6, 6.07) is 12.3. The highest BCUT2D eigenvalue weighted by Crippen LogP contribution is 2.46. The lowest BCUT2D eigenvalue weighted by molar-refractivity contribution is 0.242. The van der Waals surface area contributed by atoms with Crippen molar-refractivity contribution >= 4 is 5.96 Å². The highest BCUT2D eigenvalue weighted by atomic mass is 15.3. The van der Waals surface area contributed by atoms with E-state index in [9.17, 15) is 0 Å². The van der Waals surface area contributed by atoms with Gasteiger partial charge in [0.25, 0.3) is 0 Å². The predicted molar refractivity (Wildman–Crippen MR) is 104 cm³/mol. The average molecular weight is 341 g/mol. The van der Waals surface area contributed by atoms with Crippen molar-refractivity contribution in [2.75, 3.05) is 26.7 Å². The molecule has 0 spiro atoms. The second-order valence-corrected chi connectivity index (χ2v) is 8.03. The summed E-state index contributed by atoms with van der Waals surface area (Å²) in [5, 5.41) is 7.22. The normalized spacial score (nSPS) is 30.6. The average Bonchev–Trinajstić information content (AvgIpc) is 3.01. The molecule has 3 fully saturated rings. The third-order valence-electron chi connectivity index (χ3n) is 6.31. The smallest absolute Gasteiger partial charge is 0.191 e. The summed E-state index contributed by atoms with van der Waals surface area (Å²) in [5.74, 6) is 2.47. The van der Waals surface area contributed by atoms with Crippen molar-refractivity contribution in [3.63, 3.8) is 0 Å². The van der Waals surface area contributed by atoms with Crippen LogP contribution in [0.5, 0.6) is 0 Å². The molecule has 1 aliphatic heterocycles. The van der Waals surface area contributed by atoms with Crippen molar-refractivity contribution in [2.24, 2.45) is 10.9 Å². The lowest BCUT2D eigenvalue weighted by Crippen LogP contribution is -2.45. The summed E-state index contributed by atoms with van der Waals surface area (Å²) in [5.41, 5.74) is 1.49. The minimum atomic E-state index is 0.552. The molecular weight excluding hydrogens is 308 g/mol. The molecule has 3 aliphatic rings. The maximum absolute atomic E-state index is 4.45. The zero-order valence-electron chi connectivity index (χ0n) is 15.5. The Hall–Kier alpha value is -1.55. The second-order valence-electron chi connectivity index (χ2n) is 8.03.